The minimum absolute atomic E-state index is 0.0691. The molecule has 1 N–H and O–H groups in total. The highest BCUT2D eigenvalue weighted by Crippen LogP contribution is 2.20. The summed E-state index contributed by atoms with van der Waals surface area (Å²) in [6, 6.07) is 2.78. The van der Waals surface area contributed by atoms with Gasteiger partial charge >= 0.3 is 0 Å². The van der Waals surface area contributed by atoms with Crippen molar-refractivity contribution in [2.24, 2.45) is 0 Å². The quantitative estimate of drug-likeness (QED) is 0.507. The zero-order valence-corrected chi connectivity index (χ0v) is 9.43. The van der Waals surface area contributed by atoms with Crippen LogP contribution < -0.4 is 5.32 Å². The van der Waals surface area contributed by atoms with Crippen LogP contribution in [-0.4, -0.2) is 16.9 Å². The van der Waals surface area contributed by atoms with E-state index in [2.05, 4.69) is 5.32 Å². The van der Waals surface area contributed by atoms with E-state index in [1.54, 1.807) is 0 Å². The first kappa shape index (κ1) is 12.2. The molecule has 0 radical (unpaired) electrons. The Kier molecular flexibility index (Phi) is 3.36. The Bertz CT molecular complexity index is 520. The number of rotatable bonds is 3. The predicted octanol–water partition coefficient (Wildman–Crippen LogP) is 2.18. The maximum Gasteiger partial charge on any atom is 0.282 e. The van der Waals surface area contributed by atoms with Gasteiger partial charge in [-0.1, -0.05) is 12.2 Å². The first-order valence-corrected chi connectivity index (χ1v) is 5.47. The van der Waals surface area contributed by atoms with Crippen molar-refractivity contribution in [1.29, 1.82) is 0 Å². The van der Waals surface area contributed by atoms with Crippen molar-refractivity contribution < 1.29 is 14.1 Å². The molecular formula is C12H11FN2O3. The van der Waals surface area contributed by atoms with Crippen molar-refractivity contribution in [3.05, 3.63) is 51.8 Å². The summed E-state index contributed by atoms with van der Waals surface area (Å²) in [4.78, 5) is 21.9. The number of carbonyl (C=O) groups excluding carboxylic acids is 1. The monoisotopic (exact) mass is 250 g/mol. The molecule has 1 aromatic carbocycles. The smallest absolute Gasteiger partial charge is 0.282 e. The number of amides is 1. The van der Waals surface area contributed by atoms with Gasteiger partial charge in [-0.05, 0) is 25.0 Å². The highest BCUT2D eigenvalue weighted by Gasteiger charge is 2.23. The molecule has 1 aromatic rings. The molecule has 94 valence electrons. The molecule has 0 heterocycles. The van der Waals surface area contributed by atoms with E-state index in [1.165, 1.54) is 0 Å². The Labute approximate surface area is 102 Å². The van der Waals surface area contributed by atoms with E-state index in [4.69, 9.17) is 0 Å². The molecule has 1 aliphatic rings. The summed E-state index contributed by atoms with van der Waals surface area (Å²) >= 11 is 0. The van der Waals surface area contributed by atoms with Gasteiger partial charge in [0.1, 0.15) is 11.4 Å². The lowest BCUT2D eigenvalue weighted by Crippen LogP contribution is -2.33. The predicted molar refractivity (Wildman–Crippen MR) is 62.7 cm³/mol. The van der Waals surface area contributed by atoms with Crippen molar-refractivity contribution in [2.45, 2.75) is 18.9 Å². The van der Waals surface area contributed by atoms with Gasteiger partial charge in [-0.15, -0.1) is 0 Å². The molecular weight excluding hydrogens is 239 g/mol. The van der Waals surface area contributed by atoms with Crippen LogP contribution in [0.5, 0.6) is 0 Å². The number of hydrogen-bond acceptors (Lipinski definition) is 3. The van der Waals surface area contributed by atoms with Crippen LogP contribution in [-0.2, 0) is 0 Å². The van der Waals surface area contributed by atoms with Gasteiger partial charge in [0.15, 0.2) is 0 Å². The summed E-state index contributed by atoms with van der Waals surface area (Å²) in [5.41, 5.74) is -0.633. The molecule has 0 fully saturated rings. The summed E-state index contributed by atoms with van der Waals surface area (Å²) in [6.45, 7) is 0. The number of nitro benzene ring substituents is 1. The summed E-state index contributed by atoms with van der Waals surface area (Å²) in [7, 11) is 0. The number of halogens is 1. The first-order chi connectivity index (χ1) is 8.58. The molecule has 0 saturated heterocycles. The molecule has 6 heteroatoms. The van der Waals surface area contributed by atoms with Crippen LogP contribution in [0.15, 0.2) is 30.4 Å². The van der Waals surface area contributed by atoms with E-state index < -0.39 is 16.6 Å². The van der Waals surface area contributed by atoms with Gasteiger partial charge in [-0.2, -0.15) is 0 Å². The second-order valence-electron chi connectivity index (χ2n) is 4.03. The molecule has 0 spiro atoms. The molecule has 0 aromatic heterocycles. The third kappa shape index (κ3) is 2.53. The Balaban J connectivity index is 2.22. The van der Waals surface area contributed by atoms with Crippen LogP contribution in [0.2, 0.25) is 0 Å². The van der Waals surface area contributed by atoms with E-state index in [0.29, 0.717) is 12.8 Å². The minimum Gasteiger partial charge on any atom is -0.348 e. The van der Waals surface area contributed by atoms with E-state index in [1.807, 2.05) is 12.2 Å². The fourth-order valence-electron chi connectivity index (χ4n) is 1.85. The fourth-order valence-corrected chi connectivity index (χ4v) is 1.85. The maximum atomic E-state index is 13.1. The van der Waals surface area contributed by atoms with Crippen LogP contribution in [0.25, 0.3) is 0 Å². The molecule has 0 unspecified atom stereocenters. The normalized spacial score (nSPS) is 14.7. The van der Waals surface area contributed by atoms with Crippen molar-refractivity contribution >= 4 is 11.6 Å². The van der Waals surface area contributed by atoms with E-state index >= 15 is 0 Å². The third-order valence-electron chi connectivity index (χ3n) is 2.74. The van der Waals surface area contributed by atoms with Crippen molar-refractivity contribution in [3.63, 3.8) is 0 Å². The van der Waals surface area contributed by atoms with Crippen LogP contribution in [0, 0.1) is 15.9 Å². The SMILES string of the molecule is O=C(NC1CC=CC1)c1cc(F)ccc1[N+](=O)[O-]. The van der Waals surface area contributed by atoms with E-state index in [9.17, 15) is 19.3 Å². The molecule has 1 amide bonds. The molecule has 18 heavy (non-hydrogen) atoms. The van der Waals surface area contributed by atoms with Crippen molar-refractivity contribution in [2.75, 3.05) is 0 Å². The van der Waals surface area contributed by atoms with Gasteiger partial charge in [0, 0.05) is 12.1 Å². The number of nitro groups is 1. The molecule has 0 atom stereocenters. The first-order valence-electron chi connectivity index (χ1n) is 5.47. The molecule has 1 aliphatic carbocycles. The Morgan fingerprint density at radius 1 is 1.39 bits per heavy atom. The number of nitrogens with zero attached hydrogens (tertiary/aromatic N) is 1. The summed E-state index contributed by atoms with van der Waals surface area (Å²) in [6.07, 6.45) is 5.22. The molecule has 0 aliphatic heterocycles. The summed E-state index contributed by atoms with van der Waals surface area (Å²) < 4.78 is 13.1. The largest absolute Gasteiger partial charge is 0.348 e. The van der Waals surface area contributed by atoms with E-state index in [0.717, 1.165) is 18.2 Å². The van der Waals surface area contributed by atoms with Gasteiger partial charge in [-0.25, -0.2) is 4.39 Å². The highest BCUT2D eigenvalue weighted by atomic mass is 19.1. The van der Waals surface area contributed by atoms with E-state index in [-0.39, 0.29) is 17.3 Å². The Morgan fingerprint density at radius 3 is 2.67 bits per heavy atom. The zero-order valence-electron chi connectivity index (χ0n) is 9.43. The standard InChI is InChI=1S/C12H11FN2O3/c13-8-5-6-11(15(17)18)10(7-8)12(16)14-9-3-1-2-4-9/h1-2,5-7,9H,3-4H2,(H,14,16). The zero-order chi connectivity index (χ0) is 13.1. The highest BCUT2D eigenvalue weighted by molar-refractivity contribution is 5.98. The lowest BCUT2D eigenvalue weighted by Gasteiger charge is -2.12. The van der Waals surface area contributed by atoms with Gasteiger partial charge in [0.2, 0.25) is 0 Å². The second-order valence-corrected chi connectivity index (χ2v) is 4.03. The second kappa shape index (κ2) is 4.95. The van der Waals surface area contributed by atoms with Crippen molar-refractivity contribution in [1.82, 2.24) is 5.32 Å². The van der Waals surface area contributed by atoms with Crippen LogP contribution >= 0.6 is 0 Å². The summed E-state index contributed by atoms with van der Waals surface area (Å²) in [5.74, 6) is -1.29. The van der Waals surface area contributed by atoms with Crippen LogP contribution in [0.3, 0.4) is 0 Å². The van der Waals surface area contributed by atoms with Gasteiger partial charge in [0.05, 0.1) is 4.92 Å². The van der Waals surface area contributed by atoms with Crippen molar-refractivity contribution in [3.8, 4) is 0 Å². The van der Waals surface area contributed by atoms with Gasteiger partial charge in [-0.3, -0.25) is 14.9 Å². The summed E-state index contributed by atoms with van der Waals surface area (Å²) in [5, 5.41) is 13.4. The maximum absolute atomic E-state index is 13.1. The number of hydrogen-bond donors (Lipinski definition) is 1. The minimum atomic E-state index is -0.693. The van der Waals surface area contributed by atoms with Crippen LogP contribution in [0.4, 0.5) is 10.1 Å². The topological polar surface area (TPSA) is 72.2 Å². The lowest BCUT2D eigenvalue weighted by molar-refractivity contribution is -0.385. The Hall–Kier alpha value is -2.24. The molecule has 0 bridgehead atoms. The number of carbonyl (C=O) groups is 1. The average Bonchev–Trinajstić information content (AvgIpc) is 2.81. The average molecular weight is 250 g/mol. The van der Waals surface area contributed by atoms with Gasteiger partial charge < -0.3 is 5.32 Å². The number of benzene rings is 1. The fraction of sp³-hybridized carbons (Fsp3) is 0.250. The third-order valence-corrected chi connectivity index (χ3v) is 2.74. The molecule has 0 saturated carbocycles. The Morgan fingerprint density at radius 2 is 2.06 bits per heavy atom. The lowest BCUT2D eigenvalue weighted by atomic mass is 10.1. The molecule has 5 nitrogen and oxygen atoms in total. The molecule has 2 rings (SSSR count). The number of nitrogens with one attached hydrogen (secondary N) is 1. The van der Waals surface area contributed by atoms with Gasteiger partial charge in [0.25, 0.3) is 11.6 Å². The van der Waals surface area contributed by atoms with Crippen LogP contribution in [0.1, 0.15) is 23.2 Å².